The third-order valence-electron chi connectivity index (χ3n) is 8.67. The lowest BCUT2D eigenvalue weighted by Crippen LogP contribution is -2.53. The summed E-state index contributed by atoms with van der Waals surface area (Å²) in [7, 11) is -0.485. The van der Waals surface area contributed by atoms with Crippen molar-refractivity contribution in [2.24, 2.45) is 11.8 Å². The molecule has 1 fully saturated rings. The van der Waals surface area contributed by atoms with Crippen molar-refractivity contribution in [3.8, 4) is 11.8 Å². The predicted molar refractivity (Wildman–Crippen MR) is 178 cm³/mol. The number of rotatable bonds is 16. The zero-order chi connectivity index (χ0) is 33.0. The van der Waals surface area contributed by atoms with Crippen molar-refractivity contribution in [1.29, 1.82) is 0 Å². The standard InChI is InChI=1S/C36H58O7Si/c1-12-17-30(40-26-38-9)24-31(43-44(10,11)35(4,5)6)21-22-33-28(3)34(42-36(7,8)41-33)27(2)32(20-16-23-37)39-25-29-18-14-13-15-19-29/h13-16,18-20,23,27-28,30-34H,12,17,24-26H2,1-11H3/b20-16+/t27-,28-,30+,31-,32+,33-,34-/m1/s1. The van der Waals surface area contributed by atoms with Crippen molar-refractivity contribution < 1.29 is 32.9 Å². The molecule has 1 aromatic rings. The Kier molecular flexibility index (Phi) is 15.5. The van der Waals surface area contributed by atoms with E-state index in [0.29, 0.717) is 13.0 Å². The van der Waals surface area contributed by atoms with Crippen LogP contribution in [0.2, 0.25) is 18.1 Å². The summed E-state index contributed by atoms with van der Waals surface area (Å²) in [6, 6.07) is 10.0. The van der Waals surface area contributed by atoms with Gasteiger partial charge in [0.15, 0.2) is 14.1 Å². The summed E-state index contributed by atoms with van der Waals surface area (Å²) in [4.78, 5) is 11.3. The first-order chi connectivity index (χ1) is 20.6. The van der Waals surface area contributed by atoms with Crippen LogP contribution in [0.25, 0.3) is 0 Å². The van der Waals surface area contributed by atoms with Crippen molar-refractivity contribution in [3.05, 3.63) is 48.0 Å². The Labute approximate surface area is 268 Å². The molecule has 1 heterocycles. The van der Waals surface area contributed by atoms with Gasteiger partial charge in [0.1, 0.15) is 25.3 Å². The summed E-state index contributed by atoms with van der Waals surface area (Å²) >= 11 is 0. The van der Waals surface area contributed by atoms with E-state index in [4.69, 9.17) is 28.1 Å². The molecule has 0 aromatic heterocycles. The van der Waals surface area contributed by atoms with Crippen LogP contribution in [0.4, 0.5) is 0 Å². The molecule has 7 nitrogen and oxygen atoms in total. The average Bonchev–Trinajstić information content (AvgIpc) is 2.95. The number of ether oxygens (including phenoxy) is 5. The molecule has 0 saturated carbocycles. The van der Waals surface area contributed by atoms with E-state index in [2.05, 4.69) is 66.5 Å². The Hall–Kier alpha value is -1.83. The molecule has 0 amide bonds. The fourth-order valence-electron chi connectivity index (χ4n) is 5.12. The fourth-order valence-corrected chi connectivity index (χ4v) is 6.34. The van der Waals surface area contributed by atoms with Gasteiger partial charge in [-0.15, -0.1) is 0 Å². The van der Waals surface area contributed by atoms with E-state index in [9.17, 15) is 4.79 Å². The molecule has 1 aliphatic rings. The largest absolute Gasteiger partial charge is 0.403 e. The first-order valence-electron chi connectivity index (χ1n) is 16.1. The highest BCUT2D eigenvalue weighted by Crippen LogP contribution is 2.39. The van der Waals surface area contributed by atoms with Crippen LogP contribution in [0.15, 0.2) is 42.5 Å². The number of hydrogen-bond acceptors (Lipinski definition) is 7. The SMILES string of the molecule is CCC[C@@H](C[C@@H](C#C[C@H]1OC(C)(C)O[C@H]([C@H](C)[C@H](/C=C/C=O)OCc2ccccc2)[C@@H]1C)O[Si](C)(C)C(C)(C)C)OCOC. The van der Waals surface area contributed by atoms with E-state index in [-0.39, 0.29) is 54.2 Å². The number of carbonyl (C=O) groups is 1. The normalized spacial score (nSPS) is 23.4. The second-order valence-electron chi connectivity index (χ2n) is 13.9. The van der Waals surface area contributed by atoms with Gasteiger partial charge in [0.05, 0.1) is 24.9 Å². The van der Waals surface area contributed by atoms with Gasteiger partial charge in [-0.05, 0) is 50.0 Å². The summed E-state index contributed by atoms with van der Waals surface area (Å²) in [5.41, 5.74) is 1.07. The minimum absolute atomic E-state index is 0.0200. The molecule has 0 unspecified atom stereocenters. The number of methoxy groups -OCH3 is 1. The van der Waals surface area contributed by atoms with Gasteiger partial charge in [-0.2, -0.15) is 0 Å². The van der Waals surface area contributed by atoms with Gasteiger partial charge in [-0.3, -0.25) is 4.79 Å². The van der Waals surface area contributed by atoms with E-state index in [1.807, 2.05) is 50.3 Å². The molecule has 7 atom stereocenters. The van der Waals surface area contributed by atoms with Gasteiger partial charge in [0.2, 0.25) is 0 Å². The maximum Gasteiger partial charge on any atom is 0.193 e. The number of benzene rings is 1. The molecular weight excluding hydrogens is 572 g/mol. The molecule has 8 heteroatoms. The molecule has 0 N–H and O–H groups in total. The number of aldehydes is 1. The van der Waals surface area contributed by atoms with Crippen LogP contribution < -0.4 is 0 Å². The van der Waals surface area contributed by atoms with Crippen LogP contribution in [0, 0.1) is 23.7 Å². The zero-order valence-electron chi connectivity index (χ0n) is 29.1. The Bertz CT molecular complexity index is 1070. The summed E-state index contributed by atoms with van der Waals surface area (Å²) in [5, 5.41) is 0.0371. The lowest BCUT2D eigenvalue weighted by molar-refractivity contribution is -0.319. The van der Waals surface area contributed by atoms with Gasteiger partial charge < -0.3 is 28.1 Å². The van der Waals surface area contributed by atoms with Gasteiger partial charge in [-0.1, -0.05) is 96.2 Å². The van der Waals surface area contributed by atoms with Crippen molar-refractivity contribution in [1.82, 2.24) is 0 Å². The van der Waals surface area contributed by atoms with Crippen LogP contribution in [-0.2, 0) is 39.5 Å². The quantitative estimate of drug-likeness (QED) is 0.0610. The molecule has 0 aliphatic carbocycles. The highest BCUT2D eigenvalue weighted by Gasteiger charge is 2.45. The van der Waals surface area contributed by atoms with Crippen molar-refractivity contribution in [2.45, 2.75) is 136 Å². The van der Waals surface area contributed by atoms with E-state index in [1.165, 1.54) is 6.08 Å². The van der Waals surface area contributed by atoms with E-state index < -0.39 is 14.1 Å². The van der Waals surface area contributed by atoms with Crippen molar-refractivity contribution in [2.75, 3.05) is 13.9 Å². The van der Waals surface area contributed by atoms with Crippen LogP contribution in [0.5, 0.6) is 0 Å². The Morgan fingerprint density at radius 3 is 2.39 bits per heavy atom. The summed E-state index contributed by atoms with van der Waals surface area (Å²) in [5.74, 6) is 5.96. The summed E-state index contributed by atoms with van der Waals surface area (Å²) in [6.07, 6.45) is 5.37. The first kappa shape index (κ1) is 38.4. The molecule has 0 bridgehead atoms. The topological polar surface area (TPSA) is 72.5 Å². The molecular formula is C36H58O7Si. The first-order valence-corrected chi connectivity index (χ1v) is 19.0. The number of carbonyl (C=O) groups excluding carboxylic acids is 1. The van der Waals surface area contributed by atoms with Crippen LogP contribution in [0.3, 0.4) is 0 Å². The van der Waals surface area contributed by atoms with Crippen molar-refractivity contribution in [3.63, 3.8) is 0 Å². The second-order valence-corrected chi connectivity index (χ2v) is 18.7. The number of allylic oxidation sites excluding steroid dienone is 1. The summed E-state index contributed by atoms with van der Waals surface area (Å²) < 4.78 is 37.4. The molecule has 1 saturated heterocycles. The lowest BCUT2D eigenvalue weighted by Gasteiger charge is -2.46. The molecule has 44 heavy (non-hydrogen) atoms. The summed E-state index contributed by atoms with van der Waals surface area (Å²) in [6.45, 7) is 22.1. The Morgan fingerprint density at radius 1 is 1.11 bits per heavy atom. The minimum atomic E-state index is -2.12. The lowest BCUT2D eigenvalue weighted by atomic mass is 9.84. The van der Waals surface area contributed by atoms with Gasteiger partial charge in [0.25, 0.3) is 0 Å². The zero-order valence-corrected chi connectivity index (χ0v) is 30.1. The highest BCUT2D eigenvalue weighted by atomic mass is 28.4. The van der Waals surface area contributed by atoms with Crippen molar-refractivity contribution >= 4 is 14.6 Å². The molecule has 248 valence electrons. The highest BCUT2D eigenvalue weighted by molar-refractivity contribution is 6.74. The van der Waals surface area contributed by atoms with Gasteiger partial charge in [-0.25, -0.2) is 0 Å². The molecule has 1 aliphatic heterocycles. The third kappa shape index (κ3) is 12.2. The van der Waals surface area contributed by atoms with Crippen LogP contribution in [0.1, 0.15) is 80.2 Å². The van der Waals surface area contributed by atoms with Gasteiger partial charge in [0, 0.05) is 25.4 Å². The Morgan fingerprint density at radius 2 is 1.80 bits per heavy atom. The van der Waals surface area contributed by atoms with E-state index >= 15 is 0 Å². The maximum atomic E-state index is 11.3. The molecule has 1 aromatic carbocycles. The monoisotopic (exact) mass is 630 g/mol. The Balaban J connectivity index is 2.36. The molecule has 0 radical (unpaired) electrons. The van der Waals surface area contributed by atoms with Gasteiger partial charge >= 0.3 is 0 Å². The fraction of sp³-hybridized carbons (Fsp3) is 0.694. The second kappa shape index (κ2) is 17.8. The predicted octanol–water partition coefficient (Wildman–Crippen LogP) is 7.69. The number of hydrogen-bond donors (Lipinski definition) is 0. The van der Waals surface area contributed by atoms with E-state index in [0.717, 1.165) is 24.7 Å². The molecule has 0 spiro atoms. The average molecular weight is 631 g/mol. The van der Waals surface area contributed by atoms with Crippen LogP contribution in [-0.4, -0.2) is 64.8 Å². The molecule has 2 rings (SSSR count). The van der Waals surface area contributed by atoms with E-state index in [1.54, 1.807) is 7.11 Å². The maximum absolute atomic E-state index is 11.3. The minimum Gasteiger partial charge on any atom is -0.403 e. The smallest absolute Gasteiger partial charge is 0.193 e. The third-order valence-corrected chi connectivity index (χ3v) is 13.2. The van der Waals surface area contributed by atoms with Crippen LogP contribution >= 0.6 is 0 Å².